The molecule has 25 heavy (non-hydrogen) atoms. The molecule has 3 nitrogen and oxygen atoms in total. The monoisotopic (exact) mass is 349 g/mol. The molecule has 4 rings (SSSR count). The number of allylic oxidation sites excluding steroid dienone is 1. The number of hydrogen-bond donors (Lipinski definition) is 2. The Labute approximate surface area is 152 Å². The third-order valence-electron chi connectivity index (χ3n) is 4.59. The van der Waals surface area contributed by atoms with Crippen molar-refractivity contribution in [1.82, 2.24) is 4.98 Å². The first-order valence-electron chi connectivity index (χ1n) is 8.53. The van der Waals surface area contributed by atoms with Gasteiger partial charge in [-0.3, -0.25) is 0 Å². The summed E-state index contributed by atoms with van der Waals surface area (Å²) in [6.07, 6.45) is 0. The Hall–Kier alpha value is -2.17. The second-order valence-corrected chi connectivity index (χ2v) is 8.43. The summed E-state index contributed by atoms with van der Waals surface area (Å²) in [5.41, 5.74) is 12.2. The molecule has 1 atom stereocenters. The summed E-state index contributed by atoms with van der Waals surface area (Å²) in [6, 6.07) is 19.1. The number of nitrogens with two attached hydrogens (primary N) is 1. The summed E-state index contributed by atoms with van der Waals surface area (Å²) in [6.45, 7) is 6.70. The first kappa shape index (κ1) is 16.3. The van der Waals surface area contributed by atoms with E-state index in [1.54, 1.807) is 11.8 Å². The summed E-state index contributed by atoms with van der Waals surface area (Å²) >= 11 is 1.68. The molecule has 1 unspecified atom stereocenters. The number of para-hydroxylation sites is 2. The van der Waals surface area contributed by atoms with Gasteiger partial charge in [0.1, 0.15) is 5.50 Å². The van der Waals surface area contributed by atoms with E-state index in [0.717, 1.165) is 16.9 Å². The largest absolute Gasteiger partial charge is 0.354 e. The zero-order valence-electron chi connectivity index (χ0n) is 14.8. The van der Waals surface area contributed by atoms with Gasteiger partial charge in [-0.25, -0.2) is 0 Å². The first-order valence-corrected chi connectivity index (χ1v) is 9.47. The van der Waals surface area contributed by atoms with E-state index < -0.39 is 0 Å². The van der Waals surface area contributed by atoms with Gasteiger partial charge in [-0.15, -0.1) is 0 Å². The Morgan fingerprint density at radius 3 is 2.52 bits per heavy atom. The van der Waals surface area contributed by atoms with E-state index in [1.807, 2.05) is 0 Å². The minimum atomic E-state index is -0.0975. The average molecular weight is 350 g/mol. The first-order chi connectivity index (χ1) is 11.9. The summed E-state index contributed by atoms with van der Waals surface area (Å²) in [5, 5.41) is 3.42. The third-order valence-corrected chi connectivity index (χ3v) is 5.43. The van der Waals surface area contributed by atoms with E-state index in [9.17, 15) is 0 Å². The zero-order chi connectivity index (χ0) is 17.6. The van der Waals surface area contributed by atoms with E-state index in [2.05, 4.69) is 90.7 Å². The van der Waals surface area contributed by atoms with Gasteiger partial charge in [-0.1, -0.05) is 68.9 Å². The fourth-order valence-corrected chi connectivity index (χ4v) is 4.41. The number of aromatic amines is 1. The van der Waals surface area contributed by atoms with Crippen LogP contribution in [0, 0.1) is 5.41 Å². The number of hydrogen-bond acceptors (Lipinski definition) is 3. The quantitative estimate of drug-likeness (QED) is 0.640. The number of benzene rings is 2. The average Bonchev–Trinajstić information content (AvgIpc) is 3.17. The van der Waals surface area contributed by atoms with E-state index in [-0.39, 0.29) is 10.9 Å². The number of nitrogens with zero attached hydrogens (tertiary/aromatic N) is 1. The molecule has 1 aromatic heterocycles. The van der Waals surface area contributed by atoms with Crippen molar-refractivity contribution in [2.24, 2.45) is 11.1 Å². The molecule has 0 radical (unpaired) electrons. The van der Waals surface area contributed by atoms with Crippen molar-refractivity contribution in [3.8, 4) is 11.3 Å². The van der Waals surface area contributed by atoms with E-state index in [0.29, 0.717) is 0 Å². The lowest BCUT2D eigenvalue weighted by Gasteiger charge is -2.34. The molecule has 0 saturated carbocycles. The lowest BCUT2D eigenvalue weighted by Crippen LogP contribution is -2.39. The Morgan fingerprint density at radius 2 is 1.76 bits per heavy atom. The van der Waals surface area contributed by atoms with Crippen molar-refractivity contribution < 1.29 is 0 Å². The molecular formula is C21H23N3S. The van der Waals surface area contributed by atoms with E-state index >= 15 is 0 Å². The molecule has 2 aromatic carbocycles. The van der Waals surface area contributed by atoms with Gasteiger partial charge in [-0.2, -0.15) is 0 Å². The van der Waals surface area contributed by atoms with Crippen LogP contribution in [0.5, 0.6) is 0 Å². The SMILES string of the molecule is CC(C)(C)C1=CSC(N)N1c1ccccc1-c1cc2ccccc2[nH]1. The molecule has 0 fully saturated rings. The maximum absolute atomic E-state index is 6.45. The maximum Gasteiger partial charge on any atom is 0.133 e. The molecule has 1 aliphatic rings. The van der Waals surface area contributed by atoms with Crippen LogP contribution >= 0.6 is 11.8 Å². The predicted molar refractivity (Wildman–Crippen MR) is 109 cm³/mol. The molecule has 0 bridgehead atoms. The van der Waals surface area contributed by atoms with Crippen LogP contribution in [0.4, 0.5) is 5.69 Å². The zero-order valence-corrected chi connectivity index (χ0v) is 15.6. The molecule has 0 spiro atoms. The highest BCUT2D eigenvalue weighted by Gasteiger charge is 2.33. The van der Waals surface area contributed by atoms with E-state index in [1.165, 1.54) is 16.6 Å². The Bertz CT molecular complexity index is 916. The highest BCUT2D eigenvalue weighted by atomic mass is 32.2. The van der Waals surface area contributed by atoms with Gasteiger partial charge in [0.2, 0.25) is 0 Å². The van der Waals surface area contributed by atoms with Gasteiger partial charge in [0.15, 0.2) is 0 Å². The molecule has 4 heteroatoms. The highest BCUT2D eigenvalue weighted by molar-refractivity contribution is 8.03. The van der Waals surface area contributed by atoms with Gasteiger partial charge in [0.05, 0.1) is 5.69 Å². The molecular weight excluding hydrogens is 326 g/mol. The van der Waals surface area contributed by atoms with Crippen LogP contribution in [0.15, 0.2) is 65.7 Å². The van der Waals surface area contributed by atoms with Crippen LogP contribution in [0.2, 0.25) is 0 Å². The fraction of sp³-hybridized carbons (Fsp3) is 0.238. The number of anilines is 1. The standard InChI is InChI=1S/C21H23N3S/c1-21(2,3)19-13-25-20(22)24(19)18-11-7-5-9-15(18)17-12-14-8-4-6-10-16(14)23-17/h4-13,20,23H,22H2,1-3H3. The van der Waals surface area contributed by atoms with Crippen LogP contribution in [0.25, 0.3) is 22.2 Å². The van der Waals surface area contributed by atoms with Gasteiger partial charge >= 0.3 is 0 Å². The summed E-state index contributed by atoms with van der Waals surface area (Å²) in [4.78, 5) is 5.82. The number of rotatable bonds is 2. The molecule has 3 N–H and O–H groups in total. The van der Waals surface area contributed by atoms with Gasteiger partial charge < -0.3 is 15.6 Å². The molecule has 0 aliphatic carbocycles. The number of fused-ring (bicyclic) bond motifs is 1. The van der Waals surface area contributed by atoms with Crippen LogP contribution < -0.4 is 10.6 Å². The lowest BCUT2D eigenvalue weighted by atomic mass is 9.91. The van der Waals surface area contributed by atoms with Crippen LogP contribution in [0.1, 0.15) is 20.8 Å². The maximum atomic E-state index is 6.45. The topological polar surface area (TPSA) is 45.0 Å². The molecule has 1 aliphatic heterocycles. The minimum absolute atomic E-state index is 0.0364. The van der Waals surface area contributed by atoms with E-state index in [4.69, 9.17) is 5.73 Å². The molecule has 0 amide bonds. The summed E-state index contributed by atoms with van der Waals surface area (Å²) in [5.74, 6) is 0. The second-order valence-electron chi connectivity index (χ2n) is 7.44. The van der Waals surface area contributed by atoms with Gasteiger partial charge in [0.25, 0.3) is 0 Å². The highest BCUT2D eigenvalue weighted by Crippen LogP contribution is 2.44. The molecule has 0 saturated heterocycles. The number of thioether (sulfide) groups is 1. The number of aromatic nitrogens is 1. The smallest absolute Gasteiger partial charge is 0.133 e. The van der Waals surface area contributed by atoms with Crippen molar-refractivity contribution >= 4 is 28.4 Å². The van der Waals surface area contributed by atoms with Crippen LogP contribution in [-0.2, 0) is 0 Å². The molecule has 2 heterocycles. The normalized spacial score (nSPS) is 18.0. The summed E-state index contributed by atoms with van der Waals surface area (Å²) < 4.78 is 0. The number of H-pyrrole nitrogens is 1. The predicted octanol–water partition coefficient (Wildman–Crippen LogP) is 5.52. The Balaban J connectivity index is 1.85. The van der Waals surface area contributed by atoms with Crippen molar-refractivity contribution in [3.63, 3.8) is 0 Å². The van der Waals surface area contributed by atoms with Gasteiger partial charge in [0, 0.05) is 33.3 Å². The van der Waals surface area contributed by atoms with Crippen LogP contribution in [0.3, 0.4) is 0 Å². The second kappa shape index (κ2) is 5.97. The molecule has 128 valence electrons. The third kappa shape index (κ3) is 2.86. The van der Waals surface area contributed by atoms with Gasteiger partial charge in [-0.05, 0) is 23.6 Å². The van der Waals surface area contributed by atoms with Crippen molar-refractivity contribution in [1.29, 1.82) is 0 Å². The summed E-state index contributed by atoms with van der Waals surface area (Å²) in [7, 11) is 0. The van der Waals surface area contributed by atoms with Crippen molar-refractivity contribution in [2.45, 2.75) is 26.3 Å². The minimum Gasteiger partial charge on any atom is -0.354 e. The van der Waals surface area contributed by atoms with Crippen LogP contribution in [-0.4, -0.2) is 10.5 Å². The lowest BCUT2D eigenvalue weighted by molar-refractivity contribution is 0.485. The van der Waals surface area contributed by atoms with Crippen molar-refractivity contribution in [2.75, 3.05) is 4.90 Å². The number of nitrogens with one attached hydrogen (secondary N) is 1. The molecule has 3 aromatic rings. The van der Waals surface area contributed by atoms with Crippen molar-refractivity contribution in [3.05, 3.63) is 65.7 Å². The Morgan fingerprint density at radius 1 is 1.04 bits per heavy atom. The Kier molecular flexibility index (Phi) is 3.89. The fourth-order valence-electron chi connectivity index (χ4n) is 3.32.